The van der Waals surface area contributed by atoms with Gasteiger partial charge in [0.15, 0.2) is 0 Å². The Morgan fingerprint density at radius 1 is 1.36 bits per heavy atom. The number of rotatable bonds is 2. The van der Waals surface area contributed by atoms with Crippen LogP contribution in [0.25, 0.3) is 0 Å². The predicted octanol–water partition coefficient (Wildman–Crippen LogP) is -0.288. The van der Waals surface area contributed by atoms with Crippen molar-refractivity contribution in [1.29, 1.82) is 0 Å². The van der Waals surface area contributed by atoms with E-state index in [1.807, 2.05) is 12.1 Å². The summed E-state index contributed by atoms with van der Waals surface area (Å²) >= 11 is 0. The van der Waals surface area contributed by atoms with Crippen LogP contribution in [0.2, 0.25) is 0 Å². The molecule has 1 aromatic rings. The van der Waals surface area contributed by atoms with Crippen molar-refractivity contribution < 1.29 is 4.79 Å². The van der Waals surface area contributed by atoms with Crippen LogP contribution in [0.1, 0.15) is 5.56 Å². The summed E-state index contributed by atoms with van der Waals surface area (Å²) in [6, 6.07) is 3.78. The average Bonchev–Trinajstić information content (AvgIpc) is 2.23. The lowest BCUT2D eigenvalue weighted by atomic mass is 10.1. The Morgan fingerprint density at radius 2 is 2.14 bits per heavy atom. The largest absolute Gasteiger partial charge is 0.353 e. The number of piperazine rings is 1. The van der Waals surface area contributed by atoms with Crippen LogP contribution < -0.4 is 10.6 Å². The topological polar surface area (TPSA) is 54.0 Å². The van der Waals surface area contributed by atoms with Gasteiger partial charge in [-0.15, -0.1) is 0 Å². The normalized spacial score (nSPS) is 21.7. The van der Waals surface area contributed by atoms with Crippen molar-refractivity contribution in [2.75, 3.05) is 13.1 Å². The Morgan fingerprint density at radius 3 is 2.86 bits per heavy atom. The summed E-state index contributed by atoms with van der Waals surface area (Å²) in [5.74, 6) is 0.0908. The van der Waals surface area contributed by atoms with Crippen molar-refractivity contribution in [3.05, 3.63) is 30.1 Å². The number of carbonyl (C=O) groups is 1. The van der Waals surface area contributed by atoms with Gasteiger partial charge in [0.1, 0.15) is 0 Å². The number of carbonyl (C=O) groups excluding carboxylic acids is 1. The fourth-order valence-corrected chi connectivity index (χ4v) is 1.57. The number of hydrogen-bond acceptors (Lipinski definition) is 3. The molecule has 2 rings (SSSR count). The lowest BCUT2D eigenvalue weighted by Gasteiger charge is -2.23. The first-order valence-corrected chi connectivity index (χ1v) is 4.76. The third-order valence-corrected chi connectivity index (χ3v) is 2.32. The molecule has 0 saturated carbocycles. The van der Waals surface area contributed by atoms with Crippen LogP contribution >= 0.6 is 0 Å². The minimum atomic E-state index is -0.0915. The van der Waals surface area contributed by atoms with E-state index in [-0.39, 0.29) is 11.9 Å². The molecule has 0 radical (unpaired) electrons. The van der Waals surface area contributed by atoms with E-state index in [0.717, 1.165) is 25.1 Å². The summed E-state index contributed by atoms with van der Waals surface area (Å²) in [4.78, 5) is 15.3. The van der Waals surface area contributed by atoms with Gasteiger partial charge >= 0.3 is 0 Å². The first-order chi connectivity index (χ1) is 6.86. The quantitative estimate of drug-likeness (QED) is 0.675. The van der Waals surface area contributed by atoms with Crippen LogP contribution in [0.5, 0.6) is 0 Å². The van der Waals surface area contributed by atoms with Crippen molar-refractivity contribution in [2.45, 2.75) is 12.5 Å². The molecule has 0 aromatic carbocycles. The number of pyridine rings is 1. The monoisotopic (exact) mass is 191 g/mol. The molecule has 14 heavy (non-hydrogen) atoms. The Labute approximate surface area is 82.7 Å². The second-order valence-electron chi connectivity index (χ2n) is 3.36. The van der Waals surface area contributed by atoms with Gasteiger partial charge < -0.3 is 10.6 Å². The molecule has 0 spiro atoms. The molecule has 1 unspecified atom stereocenters. The van der Waals surface area contributed by atoms with Crippen LogP contribution in [0.15, 0.2) is 24.5 Å². The molecule has 4 heteroatoms. The molecule has 1 atom stereocenters. The van der Waals surface area contributed by atoms with E-state index in [4.69, 9.17) is 0 Å². The summed E-state index contributed by atoms with van der Waals surface area (Å²) in [5, 5.41) is 6.02. The van der Waals surface area contributed by atoms with E-state index in [9.17, 15) is 4.79 Å². The SMILES string of the molecule is O=C1NCCNC1Cc1ccncc1. The number of nitrogens with zero attached hydrogens (tertiary/aromatic N) is 1. The van der Waals surface area contributed by atoms with Gasteiger partial charge in [-0.1, -0.05) is 0 Å². The van der Waals surface area contributed by atoms with Gasteiger partial charge in [-0.3, -0.25) is 9.78 Å². The van der Waals surface area contributed by atoms with Crippen molar-refractivity contribution in [3.63, 3.8) is 0 Å². The maximum atomic E-state index is 11.4. The molecule has 1 fully saturated rings. The van der Waals surface area contributed by atoms with Gasteiger partial charge in [0.25, 0.3) is 0 Å². The van der Waals surface area contributed by atoms with E-state index < -0.39 is 0 Å². The molecule has 1 amide bonds. The summed E-state index contributed by atoms with van der Waals surface area (Å²) in [7, 11) is 0. The summed E-state index contributed by atoms with van der Waals surface area (Å²) < 4.78 is 0. The second kappa shape index (κ2) is 4.19. The highest BCUT2D eigenvalue weighted by Gasteiger charge is 2.20. The molecule has 0 bridgehead atoms. The molecule has 1 aliphatic rings. The van der Waals surface area contributed by atoms with Gasteiger partial charge in [-0.2, -0.15) is 0 Å². The zero-order valence-electron chi connectivity index (χ0n) is 7.86. The van der Waals surface area contributed by atoms with Crippen LogP contribution in [0.4, 0.5) is 0 Å². The molecule has 2 N–H and O–H groups in total. The fraction of sp³-hybridized carbons (Fsp3) is 0.400. The zero-order valence-corrected chi connectivity index (χ0v) is 7.86. The van der Waals surface area contributed by atoms with Gasteiger partial charge in [-0.05, 0) is 24.1 Å². The maximum Gasteiger partial charge on any atom is 0.237 e. The molecular weight excluding hydrogens is 178 g/mol. The van der Waals surface area contributed by atoms with E-state index in [1.165, 1.54) is 0 Å². The Hall–Kier alpha value is -1.42. The molecule has 4 nitrogen and oxygen atoms in total. The van der Waals surface area contributed by atoms with E-state index >= 15 is 0 Å². The van der Waals surface area contributed by atoms with Crippen molar-refractivity contribution in [1.82, 2.24) is 15.6 Å². The lowest BCUT2D eigenvalue weighted by Crippen LogP contribution is -2.53. The summed E-state index contributed by atoms with van der Waals surface area (Å²) in [5.41, 5.74) is 1.13. The van der Waals surface area contributed by atoms with Gasteiger partial charge in [-0.25, -0.2) is 0 Å². The molecule has 2 heterocycles. The Balaban J connectivity index is 2.00. The lowest BCUT2D eigenvalue weighted by molar-refractivity contribution is -0.124. The third-order valence-electron chi connectivity index (χ3n) is 2.32. The number of amides is 1. The minimum Gasteiger partial charge on any atom is -0.353 e. The molecule has 1 saturated heterocycles. The fourth-order valence-electron chi connectivity index (χ4n) is 1.57. The van der Waals surface area contributed by atoms with Crippen molar-refractivity contribution >= 4 is 5.91 Å². The van der Waals surface area contributed by atoms with Crippen LogP contribution in [0.3, 0.4) is 0 Å². The van der Waals surface area contributed by atoms with E-state index in [1.54, 1.807) is 12.4 Å². The first-order valence-electron chi connectivity index (χ1n) is 4.76. The van der Waals surface area contributed by atoms with E-state index in [0.29, 0.717) is 0 Å². The maximum absolute atomic E-state index is 11.4. The molecule has 1 aliphatic heterocycles. The van der Waals surface area contributed by atoms with Gasteiger partial charge in [0, 0.05) is 25.5 Å². The van der Waals surface area contributed by atoms with Crippen LogP contribution in [-0.2, 0) is 11.2 Å². The smallest absolute Gasteiger partial charge is 0.237 e. The van der Waals surface area contributed by atoms with Gasteiger partial charge in [0.05, 0.1) is 6.04 Å². The summed E-state index contributed by atoms with van der Waals surface area (Å²) in [6.07, 6.45) is 4.22. The average molecular weight is 191 g/mol. The highest BCUT2D eigenvalue weighted by Crippen LogP contribution is 2.03. The number of nitrogens with one attached hydrogen (secondary N) is 2. The Bertz CT molecular complexity index is 312. The molecular formula is C10H13N3O. The number of aromatic nitrogens is 1. The first kappa shape index (κ1) is 9.15. The van der Waals surface area contributed by atoms with E-state index in [2.05, 4.69) is 15.6 Å². The third kappa shape index (κ3) is 2.09. The Kier molecular flexibility index (Phi) is 2.74. The van der Waals surface area contributed by atoms with Crippen LogP contribution in [-0.4, -0.2) is 30.0 Å². The van der Waals surface area contributed by atoms with Crippen LogP contribution in [0, 0.1) is 0 Å². The van der Waals surface area contributed by atoms with Crippen molar-refractivity contribution in [3.8, 4) is 0 Å². The summed E-state index contributed by atoms with van der Waals surface area (Å²) in [6.45, 7) is 1.58. The van der Waals surface area contributed by atoms with Crippen molar-refractivity contribution in [2.24, 2.45) is 0 Å². The molecule has 1 aromatic heterocycles. The number of hydrogen-bond donors (Lipinski definition) is 2. The predicted molar refractivity (Wildman–Crippen MR) is 52.7 cm³/mol. The zero-order chi connectivity index (χ0) is 9.80. The molecule has 0 aliphatic carbocycles. The molecule has 74 valence electrons. The highest BCUT2D eigenvalue weighted by molar-refractivity contribution is 5.82. The minimum absolute atomic E-state index is 0.0908. The second-order valence-corrected chi connectivity index (χ2v) is 3.36. The highest BCUT2D eigenvalue weighted by atomic mass is 16.2. The van der Waals surface area contributed by atoms with Gasteiger partial charge in [0.2, 0.25) is 5.91 Å². The standard InChI is InChI=1S/C10H13N3O/c14-10-9(12-5-6-13-10)7-8-1-3-11-4-2-8/h1-4,9,12H,5-7H2,(H,13,14).